The summed E-state index contributed by atoms with van der Waals surface area (Å²) < 4.78 is 29.5. The van der Waals surface area contributed by atoms with Crippen molar-refractivity contribution in [3.8, 4) is 0 Å². The summed E-state index contributed by atoms with van der Waals surface area (Å²) in [5, 5.41) is 2.78. The number of ether oxygens (including phenoxy) is 1. The van der Waals surface area contributed by atoms with Gasteiger partial charge in [-0.15, -0.1) is 0 Å². The lowest BCUT2D eigenvalue weighted by molar-refractivity contribution is 0.0526. The number of hydrogen-bond donors (Lipinski definition) is 1. The van der Waals surface area contributed by atoms with Crippen LogP contribution in [0.2, 0.25) is 5.02 Å². The van der Waals surface area contributed by atoms with Gasteiger partial charge in [0.05, 0.1) is 40.4 Å². The molecule has 0 heterocycles. The fraction of sp³-hybridized carbons (Fsp3) is 0.222. The number of amides is 1. The molecule has 0 aliphatic heterocycles. The van der Waals surface area contributed by atoms with Gasteiger partial charge < -0.3 is 10.1 Å². The molecule has 7 nitrogen and oxygen atoms in total. The maximum Gasteiger partial charge on any atom is 0.338 e. The first kappa shape index (κ1) is 20.7. The number of carbonyl (C=O) groups excluding carboxylic acids is 2. The SMILES string of the molecule is CCOC(=O)c1ccc(NC(=O)c2ccccc2N(C)S(C)(=O)=O)c(Cl)c1. The fourth-order valence-corrected chi connectivity index (χ4v) is 3.01. The number of nitrogens with zero attached hydrogens (tertiary/aromatic N) is 1. The summed E-state index contributed by atoms with van der Waals surface area (Å²) in [7, 11) is -2.17. The van der Waals surface area contributed by atoms with Gasteiger partial charge in [0, 0.05) is 7.05 Å². The van der Waals surface area contributed by atoms with Gasteiger partial charge in [0.1, 0.15) is 0 Å². The molecular weight excluding hydrogens is 392 g/mol. The molecule has 2 aromatic carbocycles. The van der Waals surface area contributed by atoms with E-state index in [2.05, 4.69) is 5.32 Å². The molecule has 0 aromatic heterocycles. The largest absolute Gasteiger partial charge is 0.462 e. The van der Waals surface area contributed by atoms with E-state index in [-0.39, 0.29) is 34.1 Å². The average Bonchev–Trinajstić information content (AvgIpc) is 2.62. The number of benzene rings is 2. The van der Waals surface area contributed by atoms with E-state index in [0.717, 1.165) is 10.6 Å². The number of anilines is 2. The van der Waals surface area contributed by atoms with E-state index in [1.165, 1.54) is 37.4 Å². The summed E-state index contributed by atoms with van der Waals surface area (Å²) >= 11 is 6.15. The van der Waals surface area contributed by atoms with Gasteiger partial charge >= 0.3 is 5.97 Å². The van der Waals surface area contributed by atoms with Crippen LogP contribution in [-0.2, 0) is 14.8 Å². The van der Waals surface area contributed by atoms with E-state index < -0.39 is 21.9 Å². The van der Waals surface area contributed by atoms with Crippen LogP contribution >= 0.6 is 11.6 Å². The third-order valence-electron chi connectivity index (χ3n) is 3.71. The van der Waals surface area contributed by atoms with Gasteiger partial charge in [0.15, 0.2) is 0 Å². The van der Waals surface area contributed by atoms with Crippen molar-refractivity contribution >= 4 is 44.9 Å². The van der Waals surface area contributed by atoms with Gasteiger partial charge in [0.2, 0.25) is 10.0 Å². The Morgan fingerprint density at radius 3 is 2.44 bits per heavy atom. The Morgan fingerprint density at radius 1 is 1.19 bits per heavy atom. The number of esters is 1. The summed E-state index contributed by atoms with van der Waals surface area (Å²) in [6, 6.07) is 10.6. The fourth-order valence-electron chi connectivity index (χ4n) is 2.27. The van der Waals surface area contributed by atoms with Crippen molar-refractivity contribution in [3.63, 3.8) is 0 Å². The van der Waals surface area contributed by atoms with E-state index in [1.54, 1.807) is 19.1 Å². The monoisotopic (exact) mass is 410 g/mol. The van der Waals surface area contributed by atoms with Crippen molar-refractivity contribution in [1.82, 2.24) is 0 Å². The Balaban J connectivity index is 2.30. The minimum atomic E-state index is -3.54. The van der Waals surface area contributed by atoms with Gasteiger partial charge in [-0.05, 0) is 37.3 Å². The number of nitrogens with one attached hydrogen (secondary N) is 1. The summed E-state index contributed by atoms with van der Waals surface area (Å²) in [5.74, 6) is -1.05. The first-order chi connectivity index (χ1) is 12.6. The molecule has 0 aliphatic carbocycles. The zero-order chi connectivity index (χ0) is 20.2. The molecule has 27 heavy (non-hydrogen) atoms. The molecule has 0 saturated heterocycles. The lowest BCUT2D eigenvalue weighted by Gasteiger charge is -2.20. The van der Waals surface area contributed by atoms with E-state index in [1.807, 2.05) is 0 Å². The van der Waals surface area contributed by atoms with Gasteiger partial charge in [-0.25, -0.2) is 13.2 Å². The summed E-state index contributed by atoms with van der Waals surface area (Å²) in [6.45, 7) is 1.93. The van der Waals surface area contributed by atoms with Crippen LogP contribution in [-0.4, -0.2) is 40.2 Å². The van der Waals surface area contributed by atoms with Gasteiger partial charge in [0.25, 0.3) is 5.91 Å². The molecule has 0 unspecified atom stereocenters. The first-order valence-corrected chi connectivity index (χ1v) is 10.2. The minimum Gasteiger partial charge on any atom is -0.462 e. The van der Waals surface area contributed by atoms with Crippen LogP contribution in [0.15, 0.2) is 42.5 Å². The standard InChI is InChI=1S/C18H19ClN2O5S/c1-4-26-18(23)12-9-10-15(14(19)11-12)20-17(22)13-7-5-6-8-16(13)21(2)27(3,24)25/h5-11H,4H2,1-3H3,(H,20,22). The second-order valence-electron chi connectivity index (χ2n) is 5.62. The number of para-hydroxylation sites is 1. The lowest BCUT2D eigenvalue weighted by Crippen LogP contribution is -2.27. The summed E-state index contributed by atoms with van der Waals surface area (Å²) in [6.07, 6.45) is 1.05. The first-order valence-electron chi connectivity index (χ1n) is 7.96. The van der Waals surface area contributed by atoms with E-state index in [4.69, 9.17) is 16.3 Å². The average molecular weight is 411 g/mol. The van der Waals surface area contributed by atoms with Crippen LogP contribution in [0.5, 0.6) is 0 Å². The second kappa shape index (κ2) is 8.41. The van der Waals surface area contributed by atoms with Gasteiger partial charge in [-0.3, -0.25) is 9.10 Å². The zero-order valence-electron chi connectivity index (χ0n) is 15.0. The molecule has 1 amide bonds. The molecular formula is C18H19ClN2O5S. The maximum atomic E-state index is 12.7. The van der Waals surface area contributed by atoms with Crippen molar-refractivity contribution in [2.24, 2.45) is 0 Å². The number of hydrogen-bond acceptors (Lipinski definition) is 5. The number of carbonyl (C=O) groups is 2. The lowest BCUT2D eigenvalue weighted by atomic mass is 10.1. The Kier molecular flexibility index (Phi) is 6.45. The van der Waals surface area contributed by atoms with E-state index >= 15 is 0 Å². The molecule has 1 N–H and O–H groups in total. The second-order valence-corrected chi connectivity index (χ2v) is 8.04. The number of halogens is 1. The molecule has 144 valence electrons. The molecule has 0 aliphatic rings. The molecule has 2 rings (SSSR count). The number of rotatable bonds is 6. The minimum absolute atomic E-state index is 0.155. The molecule has 0 fully saturated rings. The maximum absolute atomic E-state index is 12.7. The Morgan fingerprint density at radius 2 is 1.85 bits per heavy atom. The normalized spacial score (nSPS) is 11.0. The molecule has 0 saturated carbocycles. The molecule has 0 spiro atoms. The smallest absolute Gasteiger partial charge is 0.338 e. The van der Waals surface area contributed by atoms with Crippen LogP contribution in [0.3, 0.4) is 0 Å². The predicted molar refractivity (Wildman–Crippen MR) is 105 cm³/mol. The third-order valence-corrected chi connectivity index (χ3v) is 5.22. The van der Waals surface area contributed by atoms with Crippen LogP contribution in [0.4, 0.5) is 11.4 Å². The van der Waals surface area contributed by atoms with Crippen LogP contribution in [0.1, 0.15) is 27.6 Å². The highest BCUT2D eigenvalue weighted by Gasteiger charge is 2.20. The highest BCUT2D eigenvalue weighted by atomic mass is 35.5. The van der Waals surface area contributed by atoms with Crippen molar-refractivity contribution in [1.29, 1.82) is 0 Å². The molecule has 9 heteroatoms. The highest BCUT2D eigenvalue weighted by molar-refractivity contribution is 7.92. The van der Waals surface area contributed by atoms with E-state index in [9.17, 15) is 18.0 Å². The van der Waals surface area contributed by atoms with Crippen molar-refractivity contribution < 1.29 is 22.7 Å². The number of sulfonamides is 1. The van der Waals surface area contributed by atoms with Crippen LogP contribution < -0.4 is 9.62 Å². The molecule has 2 aromatic rings. The van der Waals surface area contributed by atoms with Crippen molar-refractivity contribution in [3.05, 3.63) is 58.6 Å². The summed E-state index contributed by atoms with van der Waals surface area (Å²) in [5.41, 5.74) is 0.941. The van der Waals surface area contributed by atoms with Crippen molar-refractivity contribution in [2.75, 3.05) is 29.5 Å². The molecule has 0 bridgehead atoms. The van der Waals surface area contributed by atoms with Gasteiger partial charge in [-0.1, -0.05) is 23.7 Å². The highest BCUT2D eigenvalue weighted by Crippen LogP contribution is 2.26. The van der Waals surface area contributed by atoms with Gasteiger partial charge in [-0.2, -0.15) is 0 Å². The Labute approximate surface area is 162 Å². The predicted octanol–water partition coefficient (Wildman–Crippen LogP) is 3.16. The molecule has 0 radical (unpaired) electrons. The summed E-state index contributed by atoms with van der Waals surface area (Å²) in [4.78, 5) is 24.4. The quantitative estimate of drug-likeness (QED) is 0.738. The Bertz CT molecular complexity index is 975. The third kappa shape index (κ3) is 4.99. The molecule has 0 atom stereocenters. The van der Waals surface area contributed by atoms with E-state index in [0.29, 0.717) is 0 Å². The van der Waals surface area contributed by atoms with Crippen molar-refractivity contribution in [2.45, 2.75) is 6.92 Å². The zero-order valence-corrected chi connectivity index (χ0v) is 16.6. The Hall–Kier alpha value is -2.58. The van der Waals surface area contributed by atoms with Crippen LogP contribution in [0, 0.1) is 0 Å². The topological polar surface area (TPSA) is 92.8 Å². The van der Waals surface area contributed by atoms with Crippen LogP contribution in [0.25, 0.3) is 0 Å².